The zero-order valence-corrected chi connectivity index (χ0v) is 14.1. The minimum Gasteiger partial charge on any atom is -0.490 e. The molecule has 1 aliphatic rings. The predicted octanol–water partition coefficient (Wildman–Crippen LogP) is 2.96. The molecule has 6 heteroatoms. The number of carboxylic acid groups (broad SMARTS) is 1. The van der Waals surface area contributed by atoms with Crippen LogP contribution in [0.25, 0.3) is 0 Å². The fourth-order valence-corrected chi connectivity index (χ4v) is 2.80. The number of carbonyl (C=O) groups is 2. The number of carbonyl (C=O) groups excluding carboxylic acids is 1. The van der Waals surface area contributed by atoms with Crippen molar-refractivity contribution in [1.29, 1.82) is 0 Å². The highest BCUT2D eigenvalue weighted by atomic mass is 16.5. The van der Waals surface area contributed by atoms with E-state index < -0.39 is 12.6 Å². The fraction of sp³-hybridized carbons (Fsp3) is 0.556. The maximum atomic E-state index is 12.7. The van der Waals surface area contributed by atoms with Crippen LogP contribution in [0.5, 0.6) is 11.5 Å². The highest BCUT2D eigenvalue weighted by Crippen LogP contribution is 2.29. The number of amides is 1. The van der Waals surface area contributed by atoms with Crippen LogP contribution in [0.3, 0.4) is 0 Å². The van der Waals surface area contributed by atoms with E-state index in [2.05, 4.69) is 0 Å². The van der Waals surface area contributed by atoms with Gasteiger partial charge in [0.15, 0.2) is 18.1 Å². The van der Waals surface area contributed by atoms with Gasteiger partial charge in [-0.2, -0.15) is 0 Å². The molecule has 132 valence electrons. The van der Waals surface area contributed by atoms with Crippen LogP contribution < -0.4 is 9.47 Å². The van der Waals surface area contributed by atoms with E-state index in [0.717, 1.165) is 38.8 Å². The molecule has 0 unspecified atom stereocenters. The molecule has 1 fully saturated rings. The third-order valence-corrected chi connectivity index (χ3v) is 3.98. The van der Waals surface area contributed by atoms with Crippen LogP contribution in [0.15, 0.2) is 18.2 Å². The molecular weight excluding hydrogens is 310 g/mol. The smallest absolute Gasteiger partial charge is 0.341 e. The molecule has 1 N–H and O–H groups in total. The number of benzene rings is 1. The lowest BCUT2D eigenvalue weighted by molar-refractivity contribution is -0.139. The largest absolute Gasteiger partial charge is 0.490 e. The minimum atomic E-state index is -1.06. The van der Waals surface area contributed by atoms with Gasteiger partial charge in [0.25, 0.3) is 5.91 Å². The second-order valence-corrected chi connectivity index (χ2v) is 5.84. The Bertz CT molecular complexity index is 565. The average Bonchev–Trinajstić information content (AvgIpc) is 2.53. The van der Waals surface area contributed by atoms with Gasteiger partial charge in [0.1, 0.15) is 0 Å². The molecule has 0 spiro atoms. The highest BCUT2D eigenvalue weighted by Gasteiger charge is 2.19. The lowest BCUT2D eigenvalue weighted by Gasteiger charge is -2.25. The summed E-state index contributed by atoms with van der Waals surface area (Å²) in [5.41, 5.74) is 0.543. The molecule has 0 radical (unpaired) electrons. The normalized spacial score (nSPS) is 15.3. The quantitative estimate of drug-likeness (QED) is 0.865. The average molecular weight is 335 g/mol. The molecule has 6 nitrogen and oxygen atoms in total. The van der Waals surface area contributed by atoms with Crippen LogP contribution in [0, 0.1) is 0 Å². The van der Waals surface area contributed by atoms with Crippen LogP contribution >= 0.6 is 0 Å². The topological polar surface area (TPSA) is 76.1 Å². The molecule has 1 saturated heterocycles. The van der Waals surface area contributed by atoms with Crippen LogP contribution in [-0.2, 0) is 4.79 Å². The SMILES string of the molecule is CCOc1cc(C(=O)N2CCCCCCC2)ccc1OCC(=O)O. The maximum Gasteiger partial charge on any atom is 0.341 e. The second-order valence-electron chi connectivity index (χ2n) is 5.84. The Hall–Kier alpha value is -2.24. The van der Waals surface area contributed by atoms with Gasteiger partial charge >= 0.3 is 5.97 Å². The fourth-order valence-electron chi connectivity index (χ4n) is 2.80. The van der Waals surface area contributed by atoms with Crippen molar-refractivity contribution < 1.29 is 24.2 Å². The summed E-state index contributed by atoms with van der Waals surface area (Å²) >= 11 is 0. The van der Waals surface area contributed by atoms with E-state index in [1.54, 1.807) is 18.2 Å². The first-order valence-electron chi connectivity index (χ1n) is 8.52. The van der Waals surface area contributed by atoms with E-state index in [1.165, 1.54) is 6.42 Å². The Balaban J connectivity index is 2.14. The summed E-state index contributed by atoms with van der Waals surface area (Å²) in [6.45, 7) is 3.35. The number of nitrogens with zero attached hydrogens (tertiary/aromatic N) is 1. The molecular formula is C18H25NO5. The van der Waals surface area contributed by atoms with Gasteiger partial charge < -0.3 is 19.5 Å². The number of hydrogen-bond donors (Lipinski definition) is 1. The van der Waals surface area contributed by atoms with Gasteiger partial charge in [-0.05, 0) is 38.0 Å². The van der Waals surface area contributed by atoms with Crippen LogP contribution in [0.1, 0.15) is 49.4 Å². The molecule has 0 aliphatic carbocycles. The second kappa shape index (κ2) is 9.15. The number of rotatable bonds is 6. The number of hydrogen-bond acceptors (Lipinski definition) is 4. The van der Waals surface area contributed by atoms with E-state index in [-0.39, 0.29) is 5.91 Å². The molecule has 1 aromatic rings. The Morgan fingerprint density at radius 2 is 1.71 bits per heavy atom. The van der Waals surface area contributed by atoms with E-state index >= 15 is 0 Å². The summed E-state index contributed by atoms with van der Waals surface area (Å²) in [4.78, 5) is 25.3. The standard InChI is InChI=1S/C18H25NO5/c1-2-23-16-12-14(8-9-15(16)24-13-17(20)21)18(22)19-10-6-4-3-5-7-11-19/h8-9,12H,2-7,10-11,13H2,1H3,(H,20,21). The summed E-state index contributed by atoms with van der Waals surface area (Å²) in [5, 5.41) is 8.73. The van der Waals surface area contributed by atoms with Crippen molar-refractivity contribution in [2.75, 3.05) is 26.3 Å². The minimum absolute atomic E-state index is 0.0114. The van der Waals surface area contributed by atoms with Crippen LogP contribution in [0.4, 0.5) is 0 Å². The molecule has 1 aromatic carbocycles. The number of likely N-dealkylation sites (tertiary alicyclic amines) is 1. The Labute approximate surface area is 142 Å². The van der Waals surface area contributed by atoms with Crippen molar-refractivity contribution in [2.24, 2.45) is 0 Å². The summed E-state index contributed by atoms with van der Waals surface area (Å²) in [6, 6.07) is 4.91. The Morgan fingerprint density at radius 1 is 1.04 bits per heavy atom. The summed E-state index contributed by atoms with van der Waals surface area (Å²) in [7, 11) is 0. The van der Waals surface area contributed by atoms with Crippen molar-refractivity contribution in [3.63, 3.8) is 0 Å². The number of ether oxygens (including phenoxy) is 2. The van der Waals surface area contributed by atoms with Gasteiger partial charge in [0.2, 0.25) is 0 Å². The van der Waals surface area contributed by atoms with Crippen molar-refractivity contribution >= 4 is 11.9 Å². The van der Waals surface area contributed by atoms with Crippen LogP contribution in [-0.4, -0.2) is 48.2 Å². The maximum absolute atomic E-state index is 12.7. The van der Waals surface area contributed by atoms with Gasteiger partial charge in [0.05, 0.1) is 6.61 Å². The monoisotopic (exact) mass is 335 g/mol. The van der Waals surface area contributed by atoms with E-state index in [4.69, 9.17) is 14.6 Å². The Kier molecular flexibility index (Phi) is 6.90. The third kappa shape index (κ3) is 5.15. The van der Waals surface area contributed by atoms with Gasteiger partial charge in [-0.15, -0.1) is 0 Å². The van der Waals surface area contributed by atoms with Gasteiger partial charge in [-0.25, -0.2) is 4.79 Å². The summed E-state index contributed by atoms with van der Waals surface area (Å²) in [6.07, 6.45) is 5.63. The molecule has 0 aromatic heterocycles. The van der Waals surface area contributed by atoms with Gasteiger partial charge in [0, 0.05) is 18.7 Å². The van der Waals surface area contributed by atoms with Gasteiger partial charge in [-0.3, -0.25) is 4.79 Å². The molecule has 24 heavy (non-hydrogen) atoms. The third-order valence-electron chi connectivity index (χ3n) is 3.98. The van der Waals surface area contributed by atoms with E-state index in [0.29, 0.717) is 23.7 Å². The molecule has 0 bridgehead atoms. The molecule has 1 heterocycles. The van der Waals surface area contributed by atoms with Crippen molar-refractivity contribution in [3.05, 3.63) is 23.8 Å². The molecule has 0 atom stereocenters. The first kappa shape index (κ1) is 18.1. The zero-order chi connectivity index (χ0) is 17.4. The first-order chi connectivity index (χ1) is 11.6. The molecule has 2 rings (SSSR count). The lowest BCUT2D eigenvalue weighted by Crippen LogP contribution is -2.33. The highest BCUT2D eigenvalue weighted by molar-refractivity contribution is 5.95. The molecule has 1 aliphatic heterocycles. The van der Waals surface area contributed by atoms with Crippen molar-refractivity contribution in [1.82, 2.24) is 4.90 Å². The van der Waals surface area contributed by atoms with E-state index in [1.807, 2.05) is 11.8 Å². The molecule has 1 amide bonds. The van der Waals surface area contributed by atoms with Crippen molar-refractivity contribution in [2.45, 2.75) is 39.0 Å². The van der Waals surface area contributed by atoms with E-state index in [9.17, 15) is 9.59 Å². The van der Waals surface area contributed by atoms with Crippen LogP contribution in [0.2, 0.25) is 0 Å². The molecule has 0 saturated carbocycles. The zero-order valence-electron chi connectivity index (χ0n) is 14.1. The Morgan fingerprint density at radius 3 is 2.33 bits per heavy atom. The van der Waals surface area contributed by atoms with Gasteiger partial charge in [-0.1, -0.05) is 19.3 Å². The lowest BCUT2D eigenvalue weighted by atomic mass is 10.1. The predicted molar refractivity (Wildman–Crippen MR) is 89.7 cm³/mol. The number of aliphatic carboxylic acids is 1. The summed E-state index contributed by atoms with van der Waals surface area (Å²) < 4.78 is 10.7. The van der Waals surface area contributed by atoms with Crippen molar-refractivity contribution in [3.8, 4) is 11.5 Å². The summed E-state index contributed by atoms with van der Waals surface area (Å²) in [5.74, 6) is -0.332. The first-order valence-corrected chi connectivity index (χ1v) is 8.52. The number of carboxylic acids is 1.